The molecule has 1 aromatic rings. The highest BCUT2D eigenvalue weighted by Gasteiger charge is 2.25. The number of halogens is 1. The van der Waals surface area contributed by atoms with Crippen LogP contribution in [0.4, 0.5) is 4.39 Å². The Bertz CT molecular complexity index is 449. The van der Waals surface area contributed by atoms with Crippen LogP contribution in [-0.2, 0) is 6.54 Å². The van der Waals surface area contributed by atoms with Gasteiger partial charge in [0.25, 0.3) is 0 Å². The Morgan fingerprint density at radius 1 is 1.50 bits per heavy atom. The van der Waals surface area contributed by atoms with Crippen molar-refractivity contribution in [3.05, 3.63) is 35.1 Å². The Morgan fingerprint density at radius 3 is 2.89 bits per heavy atom. The van der Waals surface area contributed by atoms with Gasteiger partial charge in [-0.3, -0.25) is 0 Å². The van der Waals surface area contributed by atoms with Gasteiger partial charge in [-0.2, -0.15) is 5.26 Å². The highest BCUT2D eigenvalue weighted by molar-refractivity contribution is 5.32. The van der Waals surface area contributed by atoms with Crippen LogP contribution < -0.4 is 5.32 Å². The Labute approximate surface area is 107 Å². The minimum absolute atomic E-state index is 0.308. The van der Waals surface area contributed by atoms with Gasteiger partial charge in [0.1, 0.15) is 5.82 Å². The number of nitrogens with one attached hydrogen (secondary N) is 1. The largest absolute Gasteiger partial charge is 0.311 e. The number of benzene rings is 1. The van der Waals surface area contributed by atoms with Crippen molar-refractivity contribution in [2.75, 3.05) is 20.1 Å². The molecule has 1 fully saturated rings. The van der Waals surface area contributed by atoms with Crippen molar-refractivity contribution in [3.8, 4) is 6.07 Å². The first-order valence-corrected chi connectivity index (χ1v) is 6.30. The fourth-order valence-electron chi connectivity index (χ4n) is 1.94. The van der Waals surface area contributed by atoms with Crippen molar-refractivity contribution in [1.82, 2.24) is 10.2 Å². The molecular formula is C14H18FN3. The highest BCUT2D eigenvalue weighted by Crippen LogP contribution is 2.24. The zero-order valence-electron chi connectivity index (χ0n) is 10.6. The summed E-state index contributed by atoms with van der Waals surface area (Å²) in [5.41, 5.74) is 0.979. The van der Waals surface area contributed by atoms with E-state index >= 15 is 0 Å². The minimum Gasteiger partial charge on any atom is -0.311 e. The lowest BCUT2D eigenvalue weighted by Gasteiger charge is -2.15. The smallest absolute Gasteiger partial charge is 0.129 e. The third-order valence-corrected chi connectivity index (χ3v) is 3.31. The topological polar surface area (TPSA) is 39.1 Å². The second-order valence-corrected chi connectivity index (χ2v) is 4.81. The van der Waals surface area contributed by atoms with Gasteiger partial charge in [-0.1, -0.05) is 6.07 Å². The Kier molecular flexibility index (Phi) is 4.29. The number of likely N-dealkylation sites (N-methyl/N-ethyl adjacent to an activating group) is 1. The molecule has 0 unspecified atom stereocenters. The second kappa shape index (κ2) is 5.94. The number of rotatable bonds is 6. The predicted molar refractivity (Wildman–Crippen MR) is 68.5 cm³/mol. The zero-order chi connectivity index (χ0) is 13.0. The SMILES string of the molecule is CN(CCNCc1ccc(C#N)cc1F)C1CC1. The average molecular weight is 247 g/mol. The quantitative estimate of drug-likeness (QED) is 0.780. The van der Waals surface area contributed by atoms with Crippen LogP contribution in [0, 0.1) is 17.1 Å². The Morgan fingerprint density at radius 2 is 2.28 bits per heavy atom. The monoisotopic (exact) mass is 247 g/mol. The van der Waals surface area contributed by atoms with Gasteiger partial charge in [-0.05, 0) is 32.0 Å². The summed E-state index contributed by atoms with van der Waals surface area (Å²) in [5, 5.41) is 11.9. The van der Waals surface area contributed by atoms with E-state index in [9.17, 15) is 4.39 Å². The number of hydrogen-bond acceptors (Lipinski definition) is 3. The standard InChI is InChI=1S/C14H18FN3/c1-18(13-4-5-13)7-6-17-10-12-3-2-11(9-16)8-14(12)15/h2-3,8,13,17H,4-7,10H2,1H3. The van der Waals surface area contributed by atoms with Crippen molar-refractivity contribution >= 4 is 0 Å². The first kappa shape index (κ1) is 13.0. The van der Waals surface area contributed by atoms with Crippen molar-refractivity contribution in [2.24, 2.45) is 0 Å². The van der Waals surface area contributed by atoms with E-state index in [2.05, 4.69) is 17.3 Å². The average Bonchev–Trinajstić information content (AvgIpc) is 3.20. The number of nitrogens with zero attached hydrogens (tertiary/aromatic N) is 2. The normalized spacial score (nSPS) is 14.8. The molecule has 0 amide bonds. The van der Waals surface area contributed by atoms with Gasteiger partial charge in [-0.15, -0.1) is 0 Å². The summed E-state index contributed by atoms with van der Waals surface area (Å²) in [6.45, 7) is 2.35. The number of nitriles is 1. The molecule has 0 saturated heterocycles. The Hall–Kier alpha value is -1.44. The fraction of sp³-hybridized carbons (Fsp3) is 0.500. The third kappa shape index (κ3) is 3.52. The molecule has 1 N–H and O–H groups in total. The molecule has 0 radical (unpaired) electrons. The second-order valence-electron chi connectivity index (χ2n) is 4.81. The van der Waals surface area contributed by atoms with Crippen LogP contribution in [-0.4, -0.2) is 31.1 Å². The molecule has 1 aliphatic carbocycles. The van der Waals surface area contributed by atoms with Gasteiger partial charge < -0.3 is 10.2 Å². The van der Waals surface area contributed by atoms with E-state index in [-0.39, 0.29) is 5.82 Å². The summed E-state index contributed by atoms with van der Waals surface area (Å²) in [6.07, 6.45) is 2.61. The molecule has 0 aliphatic heterocycles. The highest BCUT2D eigenvalue weighted by atomic mass is 19.1. The first-order valence-electron chi connectivity index (χ1n) is 6.30. The lowest BCUT2D eigenvalue weighted by atomic mass is 10.1. The van der Waals surface area contributed by atoms with Gasteiger partial charge in [0.05, 0.1) is 11.6 Å². The molecule has 1 aromatic carbocycles. The van der Waals surface area contributed by atoms with Gasteiger partial charge >= 0.3 is 0 Å². The van der Waals surface area contributed by atoms with Crippen LogP contribution in [0.1, 0.15) is 24.0 Å². The molecule has 0 spiro atoms. The van der Waals surface area contributed by atoms with E-state index in [1.807, 2.05) is 6.07 Å². The van der Waals surface area contributed by atoms with Gasteiger partial charge in [0.15, 0.2) is 0 Å². The van der Waals surface area contributed by atoms with E-state index < -0.39 is 0 Å². The molecular weight excluding hydrogens is 229 g/mol. The van der Waals surface area contributed by atoms with E-state index in [1.165, 1.54) is 18.9 Å². The summed E-state index contributed by atoms with van der Waals surface area (Å²) in [4.78, 5) is 2.34. The lowest BCUT2D eigenvalue weighted by molar-refractivity contribution is 0.321. The molecule has 1 aliphatic rings. The maximum absolute atomic E-state index is 13.6. The summed E-state index contributed by atoms with van der Waals surface area (Å²) in [7, 11) is 2.13. The minimum atomic E-state index is -0.308. The van der Waals surface area contributed by atoms with Crippen molar-refractivity contribution in [3.63, 3.8) is 0 Å². The molecule has 3 nitrogen and oxygen atoms in total. The first-order chi connectivity index (χ1) is 8.70. The summed E-state index contributed by atoms with van der Waals surface area (Å²) >= 11 is 0. The molecule has 0 heterocycles. The van der Waals surface area contributed by atoms with Crippen molar-refractivity contribution in [1.29, 1.82) is 5.26 Å². The number of hydrogen-bond donors (Lipinski definition) is 1. The van der Waals surface area contributed by atoms with Crippen LogP contribution in [0.25, 0.3) is 0 Å². The Balaban J connectivity index is 1.74. The van der Waals surface area contributed by atoms with Crippen LogP contribution in [0.2, 0.25) is 0 Å². The molecule has 1 saturated carbocycles. The summed E-state index contributed by atoms with van der Waals surface area (Å²) in [5.74, 6) is -0.308. The van der Waals surface area contributed by atoms with E-state index in [1.54, 1.807) is 12.1 Å². The third-order valence-electron chi connectivity index (χ3n) is 3.31. The van der Waals surface area contributed by atoms with Gasteiger partial charge in [-0.25, -0.2) is 4.39 Å². The molecule has 2 rings (SSSR count). The zero-order valence-corrected chi connectivity index (χ0v) is 10.6. The predicted octanol–water partition coefficient (Wildman–Crippen LogP) is 1.88. The van der Waals surface area contributed by atoms with E-state index in [0.717, 1.165) is 19.1 Å². The molecule has 0 atom stereocenters. The van der Waals surface area contributed by atoms with E-state index in [0.29, 0.717) is 17.7 Å². The fourth-order valence-corrected chi connectivity index (χ4v) is 1.94. The van der Waals surface area contributed by atoms with Gasteiger partial charge in [0, 0.05) is 31.2 Å². The van der Waals surface area contributed by atoms with Crippen molar-refractivity contribution < 1.29 is 4.39 Å². The van der Waals surface area contributed by atoms with Crippen LogP contribution in [0.15, 0.2) is 18.2 Å². The maximum atomic E-state index is 13.6. The maximum Gasteiger partial charge on any atom is 0.129 e. The van der Waals surface area contributed by atoms with Gasteiger partial charge in [0.2, 0.25) is 0 Å². The van der Waals surface area contributed by atoms with Crippen LogP contribution in [0.5, 0.6) is 0 Å². The molecule has 96 valence electrons. The van der Waals surface area contributed by atoms with Crippen LogP contribution in [0.3, 0.4) is 0 Å². The van der Waals surface area contributed by atoms with E-state index in [4.69, 9.17) is 5.26 Å². The molecule has 4 heteroatoms. The molecule has 0 bridgehead atoms. The molecule has 18 heavy (non-hydrogen) atoms. The molecule has 0 aromatic heterocycles. The van der Waals surface area contributed by atoms with Crippen LogP contribution >= 0.6 is 0 Å². The summed E-state index contributed by atoms with van der Waals surface area (Å²) < 4.78 is 13.6. The lowest BCUT2D eigenvalue weighted by Crippen LogP contribution is -2.30. The van der Waals surface area contributed by atoms with Crippen molar-refractivity contribution in [2.45, 2.75) is 25.4 Å². The summed E-state index contributed by atoms with van der Waals surface area (Å²) in [6, 6.07) is 7.30.